The van der Waals surface area contributed by atoms with Gasteiger partial charge >= 0.3 is 0 Å². The topological polar surface area (TPSA) is 138 Å². The molecule has 0 aliphatic rings. The molecule has 150 valence electrons. The normalized spacial score (nSPS) is 11.4. The molecule has 2 heterocycles. The maximum absolute atomic E-state index is 14.9. The molecule has 0 spiro atoms. The van der Waals surface area contributed by atoms with Crippen molar-refractivity contribution in [1.82, 2.24) is 19.9 Å². The van der Waals surface area contributed by atoms with Crippen LogP contribution >= 0.6 is 0 Å². The molecule has 0 bridgehead atoms. The molecule has 4 rings (SSSR count). The molecule has 0 fully saturated rings. The first kappa shape index (κ1) is 19.4. The smallest absolute Gasteiger partial charge is 0.224 e. The van der Waals surface area contributed by atoms with Gasteiger partial charge in [0.1, 0.15) is 18.0 Å². The van der Waals surface area contributed by atoms with Crippen LogP contribution in [0.15, 0.2) is 77.2 Å². The van der Waals surface area contributed by atoms with Gasteiger partial charge in [0, 0.05) is 35.2 Å². The van der Waals surface area contributed by atoms with Crippen molar-refractivity contribution < 1.29 is 12.8 Å². The summed E-state index contributed by atoms with van der Waals surface area (Å²) in [6.07, 6.45) is 3.91. The number of hydrogen-bond acceptors (Lipinski definition) is 8. The zero-order valence-corrected chi connectivity index (χ0v) is 16.2. The average Bonchev–Trinajstić information content (AvgIpc) is 2.74. The van der Waals surface area contributed by atoms with E-state index < -0.39 is 15.7 Å². The third-order valence-corrected chi connectivity index (χ3v) is 6.09. The van der Waals surface area contributed by atoms with Crippen molar-refractivity contribution >= 4 is 21.6 Å². The summed E-state index contributed by atoms with van der Waals surface area (Å²) in [6.45, 7) is 0. The van der Waals surface area contributed by atoms with Gasteiger partial charge in [-0.25, -0.2) is 32.7 Å². The second kappa shape index (κ2) is 7.48. The van der Waals surface area contributed by atoms with Crippen LogP contribution in [0.3, 0.4) is 0 Å². The number of sulfone groups is 1. The first-order chi connectivity index (χ1) is 14.4. The van der Waals surface area contributed by atoms with E-state index in [1.165, 1.54) is 36.7 Å². The zero-order valence-electron chi connectivity index (χ0n) is 15.4. The van der Waals surface area contributed by atoms with E-state index in [2.05, 4.69) is 19.9 Å². The van der Waals surface area contributed by atoms with E-state index in [1.54, 1.807) is 24.3 Å². The minimum absolute atomic E-state index is 0.0222. The van der Waals surface area contributed by atoms with Crippen LogP contribution in [0.2, 0.25) is 0 Å². The van der Waals surface area contributed by atoms with Gasteiger partial charge < -0.3 is 11.5 Å². The summed E-state index contributed by atoms with van der Waals surface area (Å²) in [5.74, 6) is -0.443. The van der Waals surface area contributed by atoms with Gasteiger partial charge in [0.25, 0.3) is 0 Å². The highest BCUT2D eigenvalue weighted by molar-refractivity contribution is 7.91. The summed E-state index contributed by atoms with van der Waals surface area (Å²) >= 11 is 0. The summed E-state index contributed by atoms with van der Waals surface area (Å²) in [5, 5.41) is -0.237. The van der Waals surface area contributed by atoms with E-state index >= 15 is 0 Å². The number of nitrogens with two attached hydrogens (primary N) is 2. The van der Waals surface area contributed by atoms with Crippen LogP contribution in [0.4, 0.5) is 16.2 Å². The van der Waals surface area contributed by atoms with Crippen molar-refractivity contribution in [3.05, 3.63) is 73.1 Å². The second-order valence-electron chi connectivity index (χ2n) is 6.31. The lowest BCUT2D eigenvalue weighted by Crippen LogP contribution is -2.07. The molecular weight excluding hydrogens is 407 g/mol. The van der Waals surface area contributed by atoms with Crippen LogP contribution in [0.5, 0.6) is 0 Å². The van der Waals surface area contributed by atoms with E-state index in [-0.39, 0.29) is 27.3 Å². The Morgan fingerprint density at radius 2 is 1.53 bits per heavy atom. The minimum Gasteiger partial charge on any atom is -0.384 e. The number of nitrogen functional groups attached to an aromatic ring is 2. The molecule has 0 saturated carbocycles. The van der Waals surface area contributed by atoms with Crippen molar-refractivity contribution in [1.29, 1.82) is 0 Å². The Balaban J connectivity index is 1.81. The summed E-state index contributed by atoms with van der Waals surface area (Å²) in [5.41, 5.74) is 12.5. The lowest BCUT2D eigenvalue weighted by atomic mass is 10.0. The van der Waals surface area contributed by atoms with Gasteiger partial charge in [-0.15, -0.1) is 0 Å². The van der Waals surface area contributed by atoms with Gasteiger partial charge in [0.15, 0.2) is 5.03 Å². The summed E-state index contributed by atoms with van der Waals surface area (Å²) in [7, 11) is -4.01. The van der Waals surface area contributed by atoms with Gasteiger partial charge in [-0.1, -0.05) is 30.3 Å². The molecule has 4 aromatic rings. The first-order valence-electron chi connectivity index (χ1n) is 8.66. The fourth-order valence-electron chi connectivity index (χ4n) is 2.95. The van der Waals surface area contributed by atoms with Gasteiger partial charge in [0.05, 0.1) is 4.90 Å². The van der Waals surface area contributed by atoms with Crippen LogP contribution in [-0.2, 0) is 9.84 Å². The number of hydrogen-bond donors (Lipinski definition) is 2. The fraction of sp³-hybridized carbons (Fsp3) is 0. The van der Waals surface area contributed by atoms with Gasteiger partial charge in [-0.05, 0) is 17.7 Å². The number of rotatable bonds is 4. The molecule has 30 heavy (non-hydrogen) atoms. The predicted octanol–water partition coefficient (Wildman–Crippen LogP) is 2.74. The van der Waals surface area contributed by atoms with Gasteiger partial charge in [-0.3, -0.25) is 0 Å². The van der Waals surface area contributed by atoms with Gasteiger partial charge in [-0.2, -0.15) is 0 Å². The van der Waals surface area contributed by atoms with Crippen LogP contribution in [0.1, 0.15) is 0 Å². The van der Waals surface area contributed by atoms with Crippen LogP contribution < -0.4 is 11.5 Å². The number of aromatic nitrogens is 4. The average molecular weight is 422 g/mol. The molecule has 0 radical (unpaired) electrons. The number of halogens is 1. The number of anilines is 2. The molecular formula is C20H15FN6O2S. The fourth-order valence-corrected chi connectivity index (χ4v) is 4.37. The minimum atomic E-state index is -4.01. The predicted molar refractivity (Wildman–Crippen MR) is 109 cm³/mol. The molecule has 0 unspecified atom stereocenters. The lowest BCUT2D eigenvalue weighted by molar-refractivity contribution is 0.592. The van der Waals surface area contributed by atoms with Crippen molar-refractivity contribution in [3.8, 4) is 22.3 Å². The van der Waals surface area contributed by atoms with E-state index in [9.17, 15) is 12.8 Å². The third kappa shape index (κ3) is 3.55. The zero-order chi connectivity index (χ0) is 21.3. The first-order valence-corrected chi connectivity index (χ1v) is 10.1. The Morgan fingerprint density at radius 3 is 2.23 bits per heavy atom. The van der Waals surface area contributed by atoms with Crippen LogP contribution in [0, 0.1) is 5.82 Å². The maximum atomic E-state index is 14.9. The highest BCUT2D eigenvalue weighted by Gasteiger charge is 2.24. The van der Waals surface area contributed by atoms with E-state index in [1.807, 2.05) is 0 Å². The Bertz CT molecular complexity index is 1340. The van der Waals surface area contributed by atoms with E-state index in [4.69, 9.17) is 11.5 Å². The lowest BCUT2D eigenvalue weighted by Gasteiger charge is -2.12. The van der Waals surface area contributed by atoms with Crippen LogP contribution in [0.25, 0.3) is 22.3 Å². The van der Waals surface area contributed by atoms with Crippen molar-refractivity contribution in [3.63, 3.8) is 0 Å². The molecule has 0 amide bonds. The summed E-state index contributed by atoms with van der Waals surface area (Å²) in [6, 6.07) is 11.9. The molecule has 10 heteroatoms. The van der Waals surface area contributed by atoms with Crippen molar-refractivity contribution in [2.75, 3.05) is 11.5 Å². The van der Waals surface area contributed by atoms with Gasteiger partial charge in [0.2, 0.25) is 15.8 Å². The monoisotopic (exact) mass is 422 g/mol. The third-order valence-electron chi connectivity index (χ3n) is 4.38. The second-order valence-corrected chi connectivity index (χ2v) is 8.17. The Labute approximate surface area is 171 Å². The number of benzene rings is 2. The van der Waals surface area contributed by atoms with Crippen LogP contribution in [-0.4, -0.2) is 28.4 Å². The highest BCUT2D eigenvalue weighted by Crippen LogP contribution is 2.33. The molecule has 0 atom stereocenters. The molecule has 0 saturated heterocycles. The Morgan fingerprint density at radius 1 is 0.800 bits per heavy atom. The molecule has 0 aliphatic heterocycles. The molecule has 0 aliphatic carbocycles. The molecule has 8 nitrogen and oxygen atoms in total. The molecule has 4 N–H and O–H groups in total. The Hall–Kier alpha value is -3.92. The standard InChI is InChI=1S/C20H15FN6O2S/c21-16-7-12(5-6-14(16)13-9-24-20(23)25-10-13)15-3-1-2-4-17(15)30(28,29)19-8-18(22)26-11-27-19/h1-11H,(H2,22,26,27)(H2,23,24,25). The quantitative estimate of drug-likeness (QED) is 0.479. The maximum Gasteiger partial charge on any atom is 0.224 e. The van der Waals surface area contributed by atoms with Crippen molar-refractivity contribution in [2.24, 2.45) is 0 Å². The SMILES string of the molecule is Nc1cc(S(=O)(=O)c2ccccc2-c2ccc(-c3cnc(N)nc3)c(F)c2)ncn1. The number of nitrogens with zero attached hydrogens (tertiary/aromatic N) is 4. The Kier molecular flexibility index (Phi) is 4.84. The van der Waals surface area contributed by atoms with Crippen molar-refractivity contribution in [2.45, 2.75) is 9.92 Å². The largest absolute Gasteiger partial charge is 0.384 e. The summed E-state index contributed by atoms with van der Waals surface area (Å²) in [4.78, 5) is 15.2. The van der Waals surface area contributed by atoms with E-state index in [0.717, 1.165) is 6.33 Å². The highest BCUT2D eigenvalue weighted by atomic mass is 32.2. The molecule has 2 aromatic heterocycles. The molecule has 2 aromatic carbocycles. The van der Waals surface area contributed by atoms with E-state index in [0.29, 0.717) is 16.7 Å². The summed E-state index contributed by atoms with van der Waals surface area (Å²) < 4.78 is 41.1.